The van der Waals surface area contributed by atoms with E-state index in [-0.39, 0.29) is 5.57 Å². The number of nitrogens with one attached hydrogen (secondary N) is 1. The summed E-state index contributed by atoms with van der Waals surface area (Å²) in [6, 6.07) is 13.6. The molecule has 0 saturated carbocycles. The number of benzene rings is 2. The van der Waals surface area contributed by atoms with Gasteiger partial charge >= 0.3 is 5.97 Å². The topological polar surface area (TPSA) is 82.4 Å². The molecule has 30 heavy (non-hydrogen) atoms. The second kappa shape index (κ2) is 10.7. The molecule has 1 unspecified atom stereocenters. The molecule has 2 aromatic rings. The summed E-state index contributed by atoms with van der Waals surface area (Å²) in [5, 5.41) is 12.9. The monoisotopic (exact) mass is 445 g/mol. The maximum Gasteiger partial charge on any atom is 0.349 e. The number of nitrogens with zero attached hydrogens (tertiary/aromatic N) is 2. The molecule has 0 aliphatic heterocycles. The highest BCUT2D eigenvalue weighted by Gasteiger charge is 2.16. The van der Waals surface area contributed by atoms with Gasteiger partial charge in [0.2, 0.25) is 0 Å². The number of hydrogen-bond acceptors (Lipinski definition) is 5. The average molecular weight is 446 g/mol. The van der Waals surface area contributed by atoms with Crippen LogP contribution < -0.4 is 10.2 Å². The highest BCUT2D eigenvalue weighted by atomic mass is 35.5. The molecule has 0 saturated heterocycles. The van der Waals surface area contributed by atoms with Crippen molar-refractivity contribution in [1.29, 1.82) is 5.26 Å². The van der Waals surface area contributed by atoms with E-state index in [2.05, 4.69) is 5.32 Å². The molecule has 0 aromatic heterocycles. The number of carbonyl (C=O) groups is 2. The number of carbonyl (C=O) groups excluding carboxylic acids is 2. The largest absolute Gasteiger partial charge is 0.451 e. The Morgan fingerprint density at radius 3 is 2.43 bits per heavy atom. The lowest BCUT2D eigenvalue weighted by Gasteiger charge is -2.16. The van der Waals surface area contributed by atoms with Crippen molar-refractivity contribution in [2.75, 3.05) is 25.6 Å². The lowest BCUT2D eigenvalue weighted by Crippen LogP contribution is -2.31. The van der Waals surface area contributed by atoms with Crippen molar-refractivity contribution in [3.8, 4) is 6.07 Å². The number of rotatable bonds is 7. The standard InChI is InChI=1S/C22H21Cl2N3O3/c1-14(19-9-6-17(23)11-20(19)24)26-21(28)13-30-22(29)16(12-25)10-15-4-7-18(8-5-15)27(2)3/h4-11,14H,13H2,1-3H3,(H,26,28). The molecule has 0 bridgehead atoms. The number of anilines is 1. The van der Waals surface area contributed by atoms with Gasteiger partial charge in [0.1, 0.15) is 11.6 Å². The zero-order valence-corrected chi connectivity index (χ0v) is 18.3. The Morgan fingerprint density at radius 2 is 1.87 bits per heavy atom. The first-order valence-corrected chi connectivity index (χ1v) is 9.77. The summed E-state index contributed by atoms with van der Waals surface area (Å²) in [5.41, 5.74) is 2.14. The first-order chi connectivity index (χ1) is 14.2. The zero-order valence-electron chi connectivity index (χ0n) is 16.8. The first-order valence-electron chi connectivity index (χ1n) is 9.02. The van der Waals surface area contributed by atoms with E-state index in [0.717, 1.165) is 5.69 Å². The van der Waals surface area contributed by atoms with Crippen LogP contribution in [0.1, 0.15) is 24.1 Å². The van der Waals surface area contributed by atoms with Gasteiger partial charge in [-0.05, 0) is 48.4 Å². The fourth-order valence-corrected chi connectivity index (χ4v) is 3.17. The van der Waals surface area contributed by atoms with Gasteiger partial charge in [0.05, 0.1) is 6.04 Å². The second-order valence-corrected chi connectivity index (χ2v) is 7.53. The van der Waals surface area contributed by atoms with E-state index in [1.165, 1.54) is 6.08 Å². The molecular formula is C22H21Cl2N3O3. The molecule has 0 spiro atoms. The molecular weight excluding hydrogens is 425 g/mol. The molecule has 0 aliphatic carbocycles. The molecule has 0 aliphatic rings. The Kier molecular flexibility index (Phi) is 8.28. The lowest BCUT2D eigenvalue weighted by molar-refractivity contribution is -0.144. The number of amides is 1. The first kappa shape index (κ1) is 23.3. The van der Waals surface area contributed by atoms with Gasteiger partial charge < -0.3 is 15.0 Å². The summed E-state index contributed by atoms with van der Waals surface area (Å²) in [6.45, 7) is 1.22. The van der Waals surface area contributed by atoms with E-state index in [4.69, 9.17) is 27.9 Å². The van der Waals surface area contributed by atoms with Crippen LogP contribution in [0.3, 0.4) is 0 Å². The molecule has 156 valence electrons. The molecule has 8 heteroatoms. The predicted molar refractivity (Wildman–Crippen MR) is 118 cm³/mol. The van der Waals surface area contributed by atoms with E-state index in [1.807, 2.05) is 31.1 Å². The van der Waals surface area contributed by atoms with E-state index < -0.39 is 24.5 Å². The van der Waals surface area contributed by atoms with Crippen LogP contribution in [0.4, 0.5) is 5.69 Å². The maximum absolute atomic E-state index is 12.2. The molecule has 1 N–H and O–H groups in total. The summed E-state index contributed by atoms with van der Waals surface area (Å²) in [4.78, 5) is 26.2. The van der Waals surface area contributed by atoms with Gasteiger partial charge in [0, 0.05) is 29.8 Å². The van der Waals surface area contributed by atoms with Gasteiger partial charge in [-0.1, -0.05) is 41.4 Å². The van der Waals surface area contributed by atoms with Crippen LogP contribution in [0.15, 0.2) is 48.0 Å². The smallest absolute Gasteiger partial charge is 0.349 e. The number of esters is 1. The highest BCUT2D eigenvalue weighted by Crippen LogP contribution is 2.26. The van der Waals surface area contributed by atoms with E-state index in [1.54, 1.807) is 43.3 Å². The average Bonchev–Trinajstić information content (AvgIpc) is 2.70. The highest BCUT2D eigenvalue weighted by molar-refractivity contribution is 6.35. The van der Waals surface area contributed by atoms with Crippen molar-refractivity contribution in [2.24, 2.45) is 0 Å². The van der Waals surface area contributed by atoms with Crippen LogP contribution in [0.5, 0.6) is 0 Å². The summed E-state index contributed by atoms with van der Waals surface area (Å²) in [5.74, 6) is -1.39. The fourth-order valence-electron chi connectivity index (χ4n) is 2.59. The molecule has 2 aromatic carbocycles. The van der Waals surface area contributed by atoms with Crippen LogP contribution >= 0.6 is 23.2 Å². The van der Waals surface area contributed by atoms with Crippen molar-refractivity contribution in [3.63, 3.8) is 0 Å². The minimum atomic E-state index is -0.874. The second-order valence-electron chi connectivity index (χ2n) is 6.69. The molecule has 0 heterocycles. The molecule has 6 nitrogen and oxygen atoms in total. The zero-order chi connectivity index (χ0) is 22.3. The quantitative estimate of drug-likeness (QED) is 0.388. The molecule has 0 radical (unpaired) electrons. The number of ether oxygens (including phenoxy) is 1. The summed E-state index contributed by atoms with van der Waals surface area (Å²) in [6.07, 6.45) is 1.41. The van der Waals surface area contributed by atoms with Crippen molar-refractivity contribution in [2.45, 2.75) is 13.0 Å². The molecule has 0 fully saturated rings. The van der Waals surface area contributed by atoms with Gasteiger partial charge in [0.15, 0.2) is 6.61 Å². The van der Waals surface area contributed by atoms with Crippen molar-refractivity contribution >= 4 is 46.8 Å². The predicted octanol–water partition coefficient (Wildman–Crippen LogP) is 4.39. The van der Waals surface area contributed by atoms with Crippen LogP contribution in [0.2, 0.25) is 10.0 Å². The van der Waals surface area contributed by atoms with Crippen molar-refractivity contribution in [3.05, 3.63) is 69.2 Å². The fraction of sp³-hybridized carbons (Fsp3) is 0.227. The van der Waals surface area contributed by atoms with Crippen LogP contribution in [-0.4, -0.2) is 32.6 Å². The van der Waals surface area contributed by atoms with Crippen LogP contribution in [0.25, 0.3) is 6.08 Å². The minimum Gasteiger partial charge on any atom is -0.451 e. The van der Waals surface area contributed by atoms with Gasteiger partial charge in [-0.25, -0.2) is 4.79 Å². The van der Waals surface area contributed by atoms with E-state index in [0.29, 0.717) is 21.2 Å². The maximum atomic E-state index is 12.2. The Bertz CT molecular complexity index is 996. The third-order valence-corrected chi connectivity index (χ3v) is 4.76. The third-order valence-electron chi connectivity index (χ3n) is 4.20. The van der Waals surface area contributed by atoms with Crippen molar-refractivity contribution < 1.29 is 14.3 Å². The third kappa shape index (κ3) is 6.51. The number of halogens is 2. The summed E-state index contributed by atoms with van der Waals surface area (Å²) >= 11 is 12.0. The Morgan fingerprint density at radius 1 is 1.20 bits per heavy atom. The SMILES string of the molecule is CC(NC(=O)COC(=O)C(C#N)=Cc1ccc(N(C)C)cc1)c1ccc(Cl)cc1Cl. The Labute approximate surface area is 185 Å². The minimum absolute atomic E-state index is 0.200. The number of nitriles is 1. The van der Waals surface area contributed by atoms with Crippen LogP contribution in [0, 0.1) is 11.3 Å². The van der Waals surface area contributed by atoms with Crippen LogP contribution in [-0.2, 0) is 14.3 Å². The molecule has 1 atom stereocenters. The van der Waals surface area contributed by atoms with E-state index >= 15 is 0 Å². The van der Waals surface area contributed by atoms with Gasteiger partial charge in [0.25, 0.3) is 5.91 Å². The molecule has 1 amide bonds. The Balaban J connectivity index is 1.95. The van der Waals surface area contributed by atoms with Gasteiger partial charge in [-0.3, -0.25) is 4.79 Å². The Hall–Kier alpha value is -3.01. The van der Waals surface area contributed by atoms with Gasteiger partial charge in [-0.2, -0.15) is 5.26 Å². The van der Waals surface area contributed by atoms with Crippen molar-refractivity contribution in [1.82, 2.24) is 5.32 Å². The van der Waals surface area contributed by atoms with Gasteiger partial charge in [-0.15, -0.1) is 0 Å². The normalized spacial score (nSPS) is 11.9. The summed E-state index contributed by atoms with van der Waals surface area (Å²) in [7, 11) is 3.82. The number of hydrogen-bond donors (Lipinski definition) is 1. The lowest BCUT2D eigenvalue weighted by atomic mass is 10.1. The van der Waals surface area contributed by atoms with E-state index in [9.17, 15) is 14.9 Å². The summed E-state index contributed by atoms with van der Waals surface area (Å²) < 4.78 is 4.97. The molecule has 2 rings (SSSR count).